The lowest BCUT2D eigenvalue weighted by Gasteiger charge is -2.10. The Kier molecular flexibility index (Phi) is 9.28. The number of nitrogens with zero attached hydrogens (tertiary/aromatic N) is 4. The number of nitrogens with one attached hydrogen (secondary N) is 2. The molecule has 2 aromatic heterocycles. The Balaban J connectivity index is 0.00000288. The van der Waals surface area contributed by atoms with Crippen molar-refractivity contribution in [1.29, 1.82) is 0 Å². The molecule has 0 fully saturated rings. The van der Waals surface area contributed by atoms with E-state index >= 15 is 0 Å². The molecule has 7 nitrogen and oxygen atoms in total. The summed E-state index contributed by atoms with van der Waals surface area (Å²) in [5, 5.41) is 10.4. The van der Waals surface area contributed by atoms with Crippen LogP contribution in [-0.2, 0) is 13.0 Å². The average Bonchev–Trinajstić information content (AvgIpc) is 3.04. The van der Waals surface area contributed by atoms with Crippen molar-refractivity contribution >= 4 is 29.9 Å². The molecule has 24 heavy (non-hydrogen) atoms. The Hall–Kier alpha value is -1.71. The number of pyridine rings is 1. The molecule has 0 aliphatic heterocycles. The van der Waals surface area contributed by atoms with Crippen LogP contribution in [0.25, 0.3) is 0 Å². The van der Waals surface area contributed by atoms with Crippen molar-refractivity contribution in [1.82, 2.24) is 25.8 Å². The molecule has 2 N–H and O–H groups in total. The highest BCUT2D eigenvalue weighted by molar-refractivity contribution is 14.0. The summed E-state index contributed by atoms with van der Waals surface area (Å²) in [5.74, 6) is 2.50. The van der Waals surface area contributed by atoms with Crippen molar-refractivity contribution < 1.29 is 4.52 Å². The van der Waals surface area contributed by atoms with E-state index in [1.54, 1.807) is 13.2 Å². The van der Waals surface area contributed by atoms with Crippen molar-refractivity contribution in [2.45, 2.75) is 39.2 Å². The fourth-order valence-corrected chi connectivity index (χ4v) is 1.95. The van der Waals surface area contributed by atoms with Crippen LogP contribution in [0.15, 0.2) is 33.9 Å². The first kappa shape index (κ1) is 20.3. The minimum Gasteiger partial charge on any atom is -0.356 e. The van der Waals surface area contributed by atoms with Gasteiger partial charge < -0.3 is 15.2 Å². The third-order valence-electron chi connectivity index (χ3n) is 3.25. The molecule has 0 aliphatic rings. The maximum Gasteiger partial charge on any atom is 0.226 e. The summed E-state index contributed by atoms with van der Waals surface area (Å²) >= 11 is 0. The fraction of sp³-hybridized carbons (Fsp3) is 0.500. The van der Waals surface area contributed by atoms with E-state index in [0.29, 0.717) is 18.4 Å². The van der Waals surface area contributed by atoms with Crippen LogP contribution >= 0.6 is 24.0 Å². The molecule has 2 rings (SSSR count). The molecule has 132 valence electrons. The monoisotopic (exact) mass is 444 g/mol. The van der Waals surface area contributed by atoms with Gasteiger partial charge >= 0.3 is 0 Å². The minimum atomic E-state index is 0. The zero-order chi connectivity index (χ0) is 16.5. The molecule has 0 bridgehead atoms. The standard InChI is InChI=1S/C16H24N6O.HI/c1-12(2)15-21-14(23-22-15)8-6-10-19-16(17-3)20-11-13-7-4-5-9-18-13;/h4-5,7,9,12H,6,8,10-11H2,1-3H3,(H2,17,19,20);1H. The molecule has 0 aromatic carbocycles. The summed E-state index contributed by atoms with van der Waals surface area (Å²) < 4.78 is 5.22. The van der Waals surface area contributed by atoms with E-state index in [0.717, 1.165) is 36.9 Å². The molecule has 0 radical (unpaired) electrons. The second-order valence-electron chi connectivity index (χ2n) is 5.48. The average molecular weight is 444 g/mol. The number of hydrogen-bond donors (Lipinski definition) is 2. The van der Waals surface area contributed by atoms with E-state index < -0.39 is 0 Å². The topological polar surface area (TPSA) is 88.2 Å². The van der Waals surface area contributed by atoms with Crippen LogP contribution < -0.4 is 10.6 Å². The predicted molar refractivity (Wildman–Crippen MR) is 105 cm³/mol. The lowest BCUT2D eigenvalue weighted by Crippen LogP contribution is -2.37. The summed E-state index contributed by atoms with van der Waals surface area (Å²) in [6.07, 6.45) is 3.43. The van der Waals surface area contributed by atoms with Gasteiger partial charge in [-0.15, -0.1) is 24.0 Å². The highest BCUT2D eigenvalue weighted by Gasteiger charge is 2.09. The van der Waals surface area contributed by atoms with Crippen molar-refractivity contribution in [3.05, 3.63) is 41.8 Å². The van der Waals surface area contributed by atoms with Crippen molar-refractivity contribution in [2.24, 2.45) is 4.99 Å². The van der Waals surface area contributed by atoms with Crippen LogP contribution in [0.3, 0.4) is 0 Å². The first-order valence-electron chi connectivity index (χ1n) is 7.86. The van der Waals surface area contributed by atoms with E-state index in [4.69, 9.17) is 4.52 Å². The Morgan fingerprint density at radius 2 is 2.12 bits per heavy atom. The molecular formula is C16H25IN6O. The number of hydrogen-bond acceptors (Lipinski definition) is 5. The Labute approximate surface area is 159 Å². The zero-order valence-electron chi connectivity index (χ0n) is 14.3. The number of aryl methyl sites for hydroxylation is 1. The van der Waals surface area contributed by atoms with Crippen molar-refractivity contribution in [3.63, 3.8) is 0 Å². The van der Waals surface area contributed by atoms with Crippen LogP contribution in [0, 0.1) is 0 Å². The lowest BCUT2D eigenvalue weighted by atomic mass is 10.2. The Morgan fingerprint density at radius 1 is 1.29 bits per heavy atom. The Morgan fingerprint density at radius 3 is 2.75 bits per heavy atom. The van der Waals surface area contributed by atoms with Gasteiger partial charge in [0.15, 0.2) is 11.8 Å². The van der Waals surface area contributed by atoms with Gasteiger partial charge in [0.25, 0.3) is 0 Å². The summed E-state index contributed by atoms with van der Waals surface area (Å²) in [4.78, 5) is 12.8. The van der Waals surface area contributed by atoms with Crippen LogP contribution in [-0.4, -0.2) is 34.7 Å². The molecule has 2 aromatic rings. The minimum absolute atomic E-state index is 0. The van der Waals surface area contributed by atoms with Crippen LogP contribution in [0.5, 0.6) is 0 Å². The molecule has 8 heteroatoms. The molecule has 0 spiro atoms. The van der Waals surface area contributed by atoms with Gasteiger partial charge in [0.05, 0.1) is 12.2 Å². The van der Waals surface area contributed by atoms with Gasteiger partial charge in [-0.1, -0.05) is 25.1 Å². The zero-order valence-corrected chi connectivity index (χ0v) is 16.7. The number of halogens is 1. The maximum absolute atomic E-state index is 5.22. The summed E-state index contributed by atoms with van der Waals surface area (Å²) in [6, 6.07) is 5.84. The third-order valence-corrected chi connectivity index (χ3v) is 3.25. The predicted octanol–water partition coefficient (Wildman–Crippen LogP) is 2.50. The smallest absolute Gasteiger partial charge is 0.226 e. The quantitative estimate of drug-likeness (QED) is 0.295. The van der Waals surface area contributed by atoms with Gasteiger partial charge in [-0.2, -0.15) is 4.98 Å². The van der Waals surface area contributed by atoms with E-state index in [9.17, 15) is 0 Å². The maximum atomic E-state index is 5.22. The number of aromatic nitrogens is 3. The molecule has 2 heterocycles. The van der Waals surface area contributed by atoms with Gasteiger partial charge in [0, 0.05) is 32.1 Å². The number of guanidine groups is 1. The first-order valence-corrected chi connectivity index (χ1v) is 7.86. The van der Waals surface area contributed by atoms with E-state index in [2.05, 4.69) is 30.8 Å². The summed E-state index contributed by atoms with van der Waals surface area (Å²) in [5.41, 5.74) is 0.975. The van der Waals surface area contributed by atoms with Gasteiger partial charge in [0.2, 0.25) is 5.89 Å². The largest absolute Gasteiger partial charge is 0.356 e. The molecule has 0 aliphatic carbocycles. The summed E-state index contributed by atoms with van der Waals surface area (Å²) in [7, 11) is 1.75. The SMILES string of the molecule is CN=C(NCCCc1nc(C(C)C)no1)NCc1ccccn1.I. The number of aliphatic imine (C=N–C) groups is 1. The molecule has 0 atom stereocenters. The molecule has 0 saturated heterocycles. The molecule has 0 amide bonds. The van der Waals surface area contributed by atoms with Gasteiger partial charge in [-0.05, 0) is 18.6 Å². The molecule has 0 saturated carbocycles. The third kappa shape index (κ3) is 6.81. The van der Waals surface area contributed by atoms with E-state index in [1.165, 1.54) is 0 Å². The van der Waals surface area contributed by atoms with Crippen LogP contribution in [0.4, 0.5) is 0 Å². The van der Waals surface area contributed by atoms with Crippen LogP contribution in [0.1, 0.15) is 43.6 Å². The highest BCUT2D eigenvalue weighted by atomic mass is 127. The van der Waals surface area contributed by atoms with Gasteiger partial charge in [0.1, 0.15) is 0 Å². The molecular weight excluding hydrogens is 419 g/mol. The normalized spacial score (nSPS) is 11.2. The first-order chi connectivity index (χ1) is 11.2. The van der Waals surface area contributed by atoms with Crippen molar-refractivity contribution in [3.8, 4) is 0 Å². The second kappa shape index (κ2) is 11.0. The van der Waals surface area contributed by atoms with Gasteiger partial charge in [-0.3, -0.25) is 9.98 Å². The van der Waals surface area contributed by atoms with Crippen LogP contribution in [0.2, 0.25) is 0 Å². The van der Waals surface area contributed by atoms with E-state index in [1.807, 2.05) is 32.0 Å². The fourth-order valence-electron chi connectivity index (χ4n) is 1.95. The van der Waals surface area contributed by atoms with Crippen molar-refractivity contribution in [2.75, 3.05) is 13.6 Å². The summed E-state index contributed by atoms with van der Waals surface area (Å²) in [6.45, 7) is 5.52. The molecule has 0 unspecified atom stereocenters. The Bertz CT molecular complexity index is 614. The van der Waals surface area contributed by atoms with Gasteiger partial charge in [-0.25, -0.2) is 0 Å². The number of rotatable bonds is 7. The lowest BCUT2D eigenvalue weighted by molar-refractivity contribution is 0.368. The second-order valence-corrected chi connectivity index (χ2v) is 5.48. The highest BCUT2D eigenvalue weighted by Crippen LogP contribution is 2.10. The van der Waals surface area contributed by atoms with E-state index in [-0.39, 0.29) is 24.0 Å².